The summed E-state index contributed by atoms with van der Waals surface area (Å²) in [5, 5.41) is 8.35. The fourth-order valence-electron chi connectivity index (χ4n) is 1.66. The van der Waals surface area contributed by atoms with Gasteiger partial charge in [0, 0.05) is 17.3 Å². The van der Waals surface area contributed by atoms with Gasteiger partial charge in [-0.15, -0.1) is 0 Å². The zero-order valence-electron chi connectivity index (χ0n) is 8.84. The number of H-pyrrole nitrogens is 1. The van der Waals surface area contributed by atoms with Crippen LogP contribution in [0.15, 0.2) is 22.8 Å². The van der Waals surface area contributed by atoms with Crippen LogP contribution >= 0.6 is 15.9 Å². The molecule has 1 aromatic carbocycles. The van der Waals surface area contributed by atoms with Crippen molar-refractivity contribution in [3.8, 4) is 0 Å². The van der Waals surface area contributed by atoms with Crippen molar-refractivity contribution >= 4 is 26.8 Å². The van der Waals surface area contributed by atoms with Crippen molar-refractivity contribution in [2.75, 3.05) is 6.54 Å². The number of hydrogen-bond donors (Lipinski definition) is 2. The Morgan fingerprint density at radius 3 is 2.87 bits per heavy atom. The predicted molar refractivity (Wildman–Crippen MR) is 65.9 cm³/mol. The Morgan fingerprint density at radius 1 is 1.47 bits per heavy atom. The van der Waals surface area contributed by atoms with Crippen LogP contribution in [-0.2, 0) is 5.41 Å². The Bertz CT molecular complexity index is 488. The van der Waals surface area contributed by atoms with Gasteiger partial charge in [0.2, 0.25) is 0 Å². The third-order valence-corrected chi connectivity index (χ3v) is 3.38. The van der Waals surface area contributed by atoms with Crippen molar-refractivity contribution in [1.29, 1.82) is 0 Å². The molecule has 80 valence electrons. The number of nitrogens with zero attached hydrogens (tertiary/aromatic N) is 1. The monoisotopic (exact) mass is 267 g/mol. The fourth-order valence-corrected chi connectivity index (χ4v) is 2.07. The first-order valence-corrected chi connectivity index (χ1v) is 5.69. The third kappa shape index (κ3) is 1.68. The van der Waals surface area contributed by atoms with E-state index in [-0.39, 0.29) is 5.41 Å². The SMILES string of the molecule is CC(C)(CN)c1cccc2c(Br)[nH]nc12. The van der Waals surface area contributed by atoms with E-state index < -0.39 is 0 Å². The Hall–Kier alpha value is -0.870. The van der Waals surface area contributed by atoms with Gasteiger partial charge in [-0.05, 0) is 21.5 Å². The highest BCUT2D eigenvalue weighted by atomic mass is 79.9. The van der Waals surface area contributed by atoms with Crippen LogP contribution in [0.25, 0.3) is 10.9 Å². The minimum atomic E-state index is -0.0475. The van der Waals surface area contributed by atoms with E-state index in [1.54, 1.807) is 0 Å². The minimum absolute atomic E-state index is 0.0475. The predicted octanol–water partition coefficient (Wildman–Crippen LogP) is 2.56. The zero-order valence-corrected chi connectivity index (χ0v) is 10.4. The summed E-state index contributed by atoms with van der Waals surface area (Å²) in [6.45, 7) is 4.87. The molecule has 4 heteroatoms. The van der Waals surface area contributed by atoms with Gasteiger partial charge in [0.05, 0.1) is 5.52 Å². The number of aromatic amines is 1. The second kappa shape index (κ2) is 3.61. The minimum Gasteiger partial charge on any atom is -0.330 e. The Kier molecular flexibility index (Phi) is 2.56. The van der Waals surface area contributed by atoms with Gasteiger partial charge in [-0.3, -0.25) is 5.10 Å². The molecule has 15 heavy (non-hydrogen) atoms. The maximum absolute atomic E-state index is 5.79. The second-order valence-corrected chi connectivity index (χ2v) is 5.12. The van der Waals surface area contributed by atoms with Crippen molar-refractivity contribution in [2.24, 2.45) is 5.73 Å². The van der Waals surface area contributed by atoms with Crippen molar-refractivity contribution in [3.63, 3.8) is 0 Å². The molecule has 0 atom stereocenters. The van der Waals surface area contributed by atoms with E-state index in [0.29, 0.717) is 6.54 Å². The zero-order chi connectivity index (χ0) is 11.1. The van der Waals surface area contributed by atoms with E-state index in [9.17, 15) is 0 Å². The summed E-state index contributed by atoms with van der Waals surface area (Å²) in [6.07, 6.45) is 0. The van der Waals surface area contributed by atoms with Gasteiger partial charge in [-0.1, -0.05) is 32.0 Å². The molecule has 0 saturated heterocycles. The summed E-state index contributed by atoms with van der Waals surface area (Å²) in [4.78, 5) is 0. The third-order valence-electron chi connectivity index (χ3n) is 2.78. The van der Waals surface area contributed by atoms with E-state index in [1.165, 1.54) is 5.56 Å². The molecule has 2 aromatic rings. The lowest BCUT2D eigenvalue weighted by atomic mass is 9.84. The lowest BCUT2D eigenvalue weighted by molar-refractivity contribution is 0.542. The molecule has 0 fully saturated rings. The number of fused-ring (bicyclic) bond motifs is 1. The average Bonchev–Trinajstić information content (AvgIpc) is 2.60. The largest absolute Gasteiger partial charge is 0.330 e. The molecule has 1 aromatic heterocycles. The molecule has 3 N–H and O–H groups in total. The van der Waals surface area contributed by atoms with Gasteiger partial charge in [-0.2, -0.15) is 5.10 Å². The molecule has 0 radical (unpaired) electrons. The van der Waals surface area contributed by atoms with E-state index in [1.807, 2.05) is 12.1 Å². The van der Waals surface area contributed by atoms with Gasteiger partial charge < -0.3 is 5.73 Å². The van der Waals surface area contributed by atoms with Crippen molar-refractivity contribution in [2.45, 2.75) is 19.3 Å². The summed E-state index contributed by atoms with van der Waals surface area (Å²) in [6, 6.07) is 6.16. The van der Waals surface area contributed by atoms with Crippen LogP contribution in [0.4, 0.5) is 0 Å². The molecular formula is C11H14BrN3. The van der Waals surface area contributed by atoms with Crippen LogP contribution < -0.4 is 5.73 Å². The number of para-hydroxylation sites is 1. The summed E-state index contributed by atoms with van der Waals surface area (Å²) in [7, 11) is 0. The van der Waals surface area contributed by atoms with Crippen LogP contribution in [-0.4, -0.2) is 16.7 Å². The lowest BCUT2D eigenvalue weighted by Gasteiger charge is -2.23. The van der Waals surface area contributed by atoms with Gasteiger partial charge in [0.1, 0.15) is 4.60 Å². The van der Waals surface area contributed by atoms with E-state index in [0.717, 1.165) is 15.5 Å². The molecule has 0 bridgehead atoms. The molecule has 2 rings (SSSR count). The van der Waals surface area contributed by atoms with E-state index in [2.05, 4.69) is 46.0 Å². The summed E-state index contributed by atoms with van der Waals surface area (Å²) in [5.74, 6) is 0. The highest BCUT2D eigenvalue weighted by Crippen LogP contribution is 2.31. The van der Waals surface area contributed by atoms with Gasteiger partial charge >= 0.3 is 0 Å². The van der Waals surface area contributed by atoms with Gasteiger partial charge in [-0.25, -0.2) is 0 Å². The molecular weight excluding hydrogens is 254 g/mol. The lowest BCUT2D eigenvalue weighted by Crippen LogP contribution is -2.28. The van der Waals surface area contributed by atoms with Crippen LogP contribution in [0.2, 0.25) is 0 Å². The molecule has 0 amide bonds. The Labute approximate surface area is 97.2 Å². The van der Waals surface area contributed by atoms with Crippen LogP contribution in [0, 0.1) is 0 Å². The topological polar surface area (TPSA) is 54.7 Å². The quantitative estimate of drug-likeness (QED) is 0.879. The standard InChI is InChI=1S/C11H14BrN3/c1-11(2,6-13)8-5-3-4-7-9(8)14-15-10(7)12/h3-5H,6,13H2,1-2H3,(H,14,15). The highest BCUT2D eigenvalue weighted by molar-refractivity contribution is 9.10. The van der Waals surface area contributed by atoms with Crippen molar-refractivity contribution < 1.29 is 0 Å². The van der Waals surface area contributed by atoms with Gasteiger partial charge in [0.25, 0.3) is 0 Å². The summed E-state index contributed by atoms with van der Waals surface area (Å²) >= 11 is 3.44. The van der Waals surface area contributed by atoms with E-state index in [4.69, 9.17) is 5.73 Å². The number of nitrogens with two attached hydrogens (primary N) is 1. The maximum Gasteiger partial charge on any atom is 0.108 e. The normalized spacial score (nSPS) is 12.3. The first-order valence-electron chi connectivity index (χ1n) is 4.89. The van der Waals surface area contributed by atoms with E-state index >= 15 is 0 Å². The number of rotatable bonds is 2. The molecule has 0 unspecified atom stereocenters. The smallest absolute Gasteiger partial charge is 0.108 e. The number of benzene rings is 1. The number of halogens is 1. The molecule has 0 saturated carbocycles. The second-order valence-electron chi connectivity index (χ2n) is 4.33. The first-order chi connectivity index (χ1) is 7.06. The molecule has 0 spiro atoms. The van der Waals surface area contributed by atoms with Crippen molar-refractivity contribution in [3.05, 3.63) is 28.4 Å². The number of hydrogen-bond acceptors (Lipinski definition) is 2. The molecule has 3 nitrogen and oxygen atoms in total. The number of nitrogens with one attached hydrogen (secondary N) is 1. The van der Waals surface area contributed by atoms with Crippen molar-refractivity contribution in [1.82, 2.24) is 10.2 Å². The fraction of sp³-hybridized carbons (Fsp3) is 0.364. The maximum atomic E-state index is 5.79. The molecule has 0 aliphatic rings. The van der Waals surface area contributed by atoms with Crippen LogP contribution in [0.5, 0.6) is 0 Å². The van der Waals surface area contributed by atoms with Gasteiger partial charge in [0.15, 0.2) is 0 Å². The Balaban J connectivity index is 2.71. The molecule has 0 aliphatic heterocycles. The van der Waals surface area contributed by atoms with Crippen LogP contribution in [0.3, 0.4) is 0 Å². The summed E-state index contributed by atoms with van der Waals surface area (Å²) < 4.78 is 0.923. The average molecular weight is 268 g/mol. The molecule has 1 heterocycles. The highest BCUT2D eigenvalue weighted by Gasteiger charge is 2.22. The summed E-state index contributed by atoms with van der Waals surface area (Å²) in [5.41, 5.74) is 7.92. The Morgan fingerprint density at radius 2 is 2.20 bits per heavy atom. The molecule has 0 aliphatic carbocycles. The number of aromatic nitrogens is 2. The first kappa shape index (κ1) is 10.6. The van der Waals surface area contributed by atoms with Crippen LogP contribution in [0.1, 0.15) is 19.4 Å².